The summed E-state index contributed by atoms with van der Waals surface area (Å²) in [5, 5.41) is 18.3. The highest BCUT2D eigenvalue weighted by Crippen LogP contribution is 2.25. The van der Waals surface area contributed by atoms with Crippen molar-refractivity contribution in [2.45, 2.75) is 6.92 Å². The third kappa shape index (κ3) is 1.96. The number of hydrogen-bond acceptors (Lipinski definition) is 3. The normalized spacial score (nSPS) is 9.92. The minimum absolute atomic E-state index is 0.276. The number of aryl methyl sites for hydroxylation is 1. The maximum atomic E-state index is 8.97. The summed E-state index contributed by atoms with van der Waals surface area (Å²) >= 11 is 5.90. The monoisotopic (exact) mass is 200 g/mol. The van der Waals surface area contributed by atoms with E-state index in [2.05, 4.69) is 0 Å². The van der Waals surface area contributed by atoms with Crippen molar-refractivity contribution in [2.75, 3.05) is 7.11 Å². The van der Waals surface area contributed by atoms with Crippen molar-refractivity contribution in [3.63, 3.8) is 0 Å². The van der Waals surface area contributed by atoms with Crippen LogP contribution in [0.1, 0.15) is 5.56 Å². The SMILES string of the molecule is COc1c(B(O)O)ccc(C)c1Cl. The van der Waals surface area contributed by atoms with Gasteiger partial charge in [0.25, 0.3) is 0 Å². The molecule has 0 aliphatic carbocycles. The van der Waals surface area contributed by atoms with Crippen LogP contribution in [0.15, 0.2) is 12.1 Å². The van der Waals surface area contributed by atoms with Crippen LogP contribution in [-0.2, 0) is 0 Å². The quantitative estimate of drug-likeness (QED) is 0.677. The van der Waals surface area contributed by atoms with Gasteiger partial charge in [0.2, 0.25) is 0 Å². The van der Waals surface area contributed by atoms with Crippen LogP contribution in [0, 0.1) is 6.92 Å². The molecule has 0 aliphatic heterocycles. The molecule has 0 aliphatic rings. The van der Waals surface area contributed by atoms with Crippen molar-refractivity contribution in [2.24, 2.45) is 0 Å². The van der Waals surface area contributed by atoms with Gasteiger partial charge in [-0.05, 0) is 12.5 Å². The van der Waals surface area contributed by atoms with Gasteiger partial charge < -0.3 is 14.8 Å². The summed E-state index contributed by atoms with van der Waals surface area (Å²) in [7, 11) is -0.125. The van der Waals surface area contributed by atoms with Crippen LogP contribution < -0.4 is 10.2 Å². The predicted molar refractivity (Wildman–Crippen MR) is 52.6 cm³/mol. The Morgan fingerprint density at radius 1 is 1.38 bits per heavy atom. The summed E-state index contributed by atoms with van der Waals surface area (Å²) in [6.07, 6.45) is 0. The summed E-state index contributed by atoms with van der Waals surface area (Å²) in [4.78, 5) is 0. The number of ether oxygens (including phenoxy) is 1. The average molecular weight is 200 g/mol. The van der Waals surface area contributed by atoms with E-state index < -0.39 is 7.12 Å². The molecule has 1 aromatic carbocycles. The summed E-state index contributed by atoms with van der Waals surface area (Å²) in [6.45, 7) is 1.82. The first-order chi connectivity index (χ1) is 6.07. The average Bonchev–Trinajstić information content (AvgIpc) is 2.09. The zero-order chi connectivity index (χ0) is 10.0. The lowest BCUT2D eigenvalue weighted by Crippen LogP contribution is -2.31. The second-order valence-corrected chi connectivity index (χ2v) is 3.07. The van der Waals surface area contributed by atoms with E-state index >= 15 is 0 Å². The highest BCUT2D eigenvalue weighted by molar-refractivity contribution is 6.60. The standard InChI is InChI=1S/C8H10BClO3/c1-5-3-4-6(9(11)12)8(13-2)7(5)10/h3-4,11-12H,1-2H3. The molecule has 0 fully saturated rings. The fourth-order valence-electron chi connectivity index (χ4n) is 1.08. The minimum Gasteiger partial charge on any atom is -0.496 e. The van der Waals surface area contributed by atoms with Crippen molar-refractivity contribution in [3.8, 4) is 5.75 Å². The summed E-state index contributed by atoms with van der Waals surface area (Å²) < 4.78 is 4.97. The number of rotatable bonds is 2. The Bertz CT molecular complexity index is 315. The minimum atomic E-state index is -1.56. The molecule has 1 aromatic rings. The molecule has 0 atom stereocenters. The molecule has 0 spiro atoms. The van der Waals surface area contributed by atoms with E-state index in [0.717, 1.165) is 5.56 Å². The second kappa shape index (κ2) is 4.00. The molecular formula is C8H10BClO3. The Balaban J connectivity index is 3.30. The first-order valence-corrected chi connectivity index (χ1v) is 4.15. The van der Waals surface area contributed by atoms with Crippen molar-refractivity contribution in [1.82, 2.24) is 0 Å². The van der Waals surface area contributed by atoms with Gasteiger partial charge in [0.15, 0.2) is 0 Å². The van der Waals surface area contributed by atoms with Gasteiger partial charge in [0.05, 0.1) is 12.1 Å². The van der Waals surface area contributed by atoms with Crippen LogP contribution in [0.25, 0.3) is 0 Å². The molecule has 0 unspecified atom stereocenters. The Labute approximate surface area is 82.1 Å². The lowest BCUT2D eigenvalue weighted by Gasteiger charge is -2.10. The lowest BCUT2D eigenvalue weighted by molar-refractivity contribution is 0.403. The zero-order valence-corrected chi connectivity index (χ0v) is 8.17. The zero-order valence-electron chi connectivity index (χ0n) is 7.41. The summed E-state index contributed by atoms with van der Waals surface area (Å²) in [5.74, 6) is 0.316. The Kier molecular flexibility index (Phi) is 3.19. The van der Waals surface area contributed by atoms with E-state index in [9.17, 15) is 0 Å². The number of halogens is 1. The molecule has 5 heteroatoms. The third-order valence-electron chi connectivity index (χ3n) is 1.80. The fraction of sp³-hybridized carbons (Fsp3) is 0.250. The predicted octanol–water partition coefficient (Wildman–Crippen LogP) is 0.337. The Morgan fingerprint density at radius 2 is 2.00 bits per heavy atom. The smallest absolute Gasteiger partial charge is 0.492 e. The van der Waals surface area contributed by atoms with Gasteiger partial charge >= 0.3 is 7.12 Å². The van der Waals surface area contributed by atoms with Gasteiger partial charge in [-0.2, -0.15) is 0 Å². The van der Waals surface area contributed by atoms with Crippen LogP contribution in [0.4, 0.5) is 0 Å². The molecule has 3 nitrogen and oxygen atoms in total. The molecule has 0 saturated carbocycles. The van der Waals surface area contributed by atoms with Crippen LogP contribution in [0.2, 0.25) is 5.02 Å². The molecule has 13 heavy (non-hydrogen) atoms. The van der Waals surface area contributed by atoms with Crippen molar-refractivity contribution in [3.05, 3.63) is 22.7 Å². The Hall–Kier alpha value is -0.705. The third-order valence-corrected chi connectivity index (χ3v) is 2.27. The van der Waals surface area contributed by atoms with E-state index in [0.29, 0.717) is 10.8 Å². The van der Waals surface area contributed by atoms with Crippen molar-refractivity contribution in [1.29, 1.82) is 0 Å². The summed E-state index contributed by atoms with van der Waals surface area (Å²) in [5.41, 5.74) is 1.11. The maximum Gasteiger partial charge on any atom is 0.492 e. The maximum absolute atomic E-state index is 8.97. The van der Waals surface area contributed by atoms with Gasteiger partial charge in [0, 0.05) is 5.46 Å². The van der Waals surface area contributed by atoms with Crippen molar-refractivity contribution >= 4 is 24.2 Å². The van der Waals surface area contributed by atoms with E-state index in [1.54, 1.807) is 12.1 Å². The fourth-order valence-corrected chi connectivity index (χ4v) is 1.33. The largest absolute Gasteiger partial charge is 0.496 e. The van der Waals surface area contributed by atoms with E-state index in [1.807, 2.05) is 6.92 Å². The van der Waals surface area contributed by atoms with Crippen LogP contribution >= 0.6 is 11.6 Å². The Morgan fingerprint density at radius 3 is 2.46 bits per heavy atom. The van der Waals surface area contributed by atoms with E-state index in [1.165, 1.54) is 7.11 Å². The van der Waals surface area contributed by atoms with Crippen LogP contribution in [0.5, 0.6) is 5.75 Å². The molecule has 0 amide bonds. The van der Waals surface area contributed by atoms with E-state index in [-0.39, 0.29) is 5.46 Å². The highest BCUT2D eigenvalue weighted by atomic mass is 35.5. The molecule has 0 bridgehead atoms. The number of hydrogen-bond donors (Lipinski definition) is 2. The first-order valence-electron chi connectivity index (χ1n) is 3.77. The van der Waals surface area contributed by atoms with Crippen LogP contribution in [-0.4, -0.2) is 24.3 Å². The van der Waals surface area contributed by atoms with Gasteiger partial charge in [0.1, 0.15) is 5.75 Å². The summed E-state index contributed by atoms with van der Waals surface area (Å²) in [6, 6.07) is 3.28. The molecule has 70 valence electrons. The van der Waals surface area contributed by atoms with E-state index in [4.69, 9.17) is 26.4 Å². The van der Waals surface area contributed by atoms with Gasteiger partial charge in [-0.15, -0.1) is 0 Å². The highest BCUT2D eigenvalue weighted by Gasteiger charge is 2.19. The molecule has 0 aromatic heterocycles. The van der Waals surface area contributed by atoms with Crippen LogP contribution in [0.3, 0.4) is 0 Å². The van der Waals surface area contributed by atoms with Gasteiger partial charge in [-0.3, -0.25) is 0 Å². The van der Waals surface area contributed by atoms with Crippen molar-refractivity contribution < 1.29 is 14.8 Å². The molecule has 0 radical (unpaired) electrons. The second-order valence-electron chi connectivity index (χ2n) is 2.69. The van der Waals surface area contributed by atoms with Gasteiger partial charge in [-0.25, -0.2) is 0 Å². The molecule has 0 saturated heterocycles. The lowest BCUT2D eigenvalue weighted by atomic mass is 9.79. The molecular weight excluding hydrogens is 190 g/mol. The topological polar surface area (TPSA) is 49.7 Å². The molecule has 1 rings (SSSR count). The first kappa shape index (κ1) is 10.4. The number of benzene rings is 1. The molecule has 0 heterocycles. The van der Waals surface area contributed by atoms with Gasteiger partial charge in [-0.1, -0.05) is 23.7 Å². The molecule has 2 N–H and O–H groups in total. The number of methoxy groups -OCH3 is 1.